The van der Waals surface area contributed by atoms with Crippen LogP contribution in [-0.2, 0) is 13.1 Å². The molecular formula is C16H31N3O. The molecule has 0 saturated carbocycles. The van der Waals surface area contributed by atoms with Gasteiger partial charge in [0.05, 0.1) is 12.8 Å². The number of furan rings is 1. The van der Waals surface area contributed by atoms with Crippen molar-refractivity contribution in [2.24, 2.45) is 5.92 Å². The van der Waals surface area contributed by atoms with E-state index in [9.17, 15) is 0 Å². The van der Waals surface area contributed by atoms with E-state index in [1.54, 1.807) is 0 Å². The van der Waals surface area contributed by atoms with Crippen LogP contribution in [0, 0.1) is 5.92 Å². The number of rotatable bonds is 10. The second-order valence-electron chi connectivity index (χ2n) is 6.13. The van der Waals surface area contributed by atoms with Gasteiger partial charge >= 0.3 is 0 Å². The van der Waals surface area contributed by atoms with Crippen LogP contribution in [0.5, 0.6) is 0 Å². The van der Waals surface area contributed by atoms with E-state index in [0.29, 0.717) is 5.92 Å². The Morgan fingerprint density at radius 2 is 2.00 bits per heavy atom. The van der Waals surface area contributed by atoms with Crippen molar-refractivity contribution in [3.8, 4) is 0 Å². The van der Waals surface area contributed by atoms with Crippen molar-refractivity contribution in [3.63, 3.8) is 0 Å². The van der Waals surface area contributed by atoms with Crippen LogP contribution in [0.15, 0.2) is 16.7 Å². The zero-order chi connectivity index (χ0) is 15.0. The molecule has 1 aromatic rings. The fourth-order valence-electron chi connectivity index (χ4n) is 2.18. The summed E-state index contributed by atoms with van der Waals surface area (Å²) in [5.41, 5.74) is 1.24. The van der Waals surface area contributed by atoms with Gasteiger partial charge < -0.3 is 14.6 Å². The third-order valence-corrected chi connectivity index (χ3v) is 3.15. The van der Waals surface area contributed by atoms with Gasteiger partial charge in [0.15, 0.2) is 0 Å². The van der Waals surface area contributed by atoms with Gasteiger partial charge in [0.2, 0.25) is 0 Å². The Morgan fingerprint density at radius 1 is 1.25 bits per heavy atom. The quantitative estimate of drug-likeness (QED) is 0.714. The van der Waals surface area contributed by atoms with Gasteiger partial charge in [-0.3, -0.25) is 4.90 Å². The van der Waals surface area contributed by atoms with Crippen molar-refractivity contribution in [3.05, 3.63) is 23.7 Å². The van der Waals surface area contributed by atoms with E-state index in [-0.39, 0.29) is 0 Å². The minimum atomic E-state index is 0.674. The predicted molar refractivity (Wildman–Crippen MR) is 84.8 cm³/mol. The topological polar surface area (TPSA) is 31.7 Å². The van der Waals surface area contributed by atoms with Crippen molar-refractivity contribution in [1.29, 1.82) is 0 Å². The van der Waals surface area contributed by atoms with Crippen molar-refractivity contribution in [2.45, 2.75) is 33.9 Å². The van der Waals surface area contributed by atoms with Crippen LogP contribution >= 0.6 is 0 Å². The average Bonchev–Trinajstić information content (AvgIpc) is 2.80. The van der Waals surface area contributed by atoms with E-state index in [1.165, 1.54) is 5.56 Å². The van der Waals surface area contributed by atoms with Crippen LogP contribution in [-0.4, -0.2) is 50.1 Å². The van der Waals surface area contributed by atoms with E-state index in [0.717, 1.165) is 45.0 Å². The highest BCUT2D eigenvalue weighted by atomic mass is 16.3. The van der Waals surface area contributed by atoms with E-state index in [4.69, 9.17) is 4.42 Å². The van der Waals surface area contributed by atoms with Crippen molar-refractivity contribution in [1.82, 2.24) is 15.1 Å². The van der Waals surface area contributed by atoms with E-state index >= 15 is 0 Å². The second-order valence-corrected chi connectivity index (χ2v) is 6.13. The summed E-state index contributed by atoms with van der Waals surface area (Å²) in [6.07, 6.45) is 1.87. The maximum Gasteiger partial charge on any atom is 0.118 e. The van der Waals surface area contributed by atoms with Gasteiger partial charge in [-0.1, -0.05) is 20.8 Å². The van der Waals surface area contributed by atoms with Crippen LogP contribution in [0.1, 0.15) is 32.1 Å². The van der Waals surface area contributed by atoms with Gasteiger partial charge in [-0.2, -0.15) is 0 Å². The zero-order valence-electron chi connectivity index (χ0n) is 13.8. The molecule has 0 saturated heterocycles. The fraction of sp³-hybridized carbons (Fsp3) is 0.750. The Labute approximate surface area is 124 Å². The molecule has 1 rings (SSSR count). The maximum absolute atomic E-state index is 5.69. The summed E-state index contributed by atoms with van der Waals surface area (Å²) in [7, 11) is 4.24. The number of nitrogens with one attached hydrogen (secondary N) is 1. The summed E-state index contributed by atoms with van der Waals surface area (Å²) in [6, 6.07) is 2.17. The molecule has 0 aliphatic heterocycles. The molecule has 0 unspecified atom stereocenters. The Kier molecular flexibility index (Phi) is 7.88. The lowest BCUT2D eigenvalue weighted by atomic mass is 10.2. The third-order valence-electron chi connectivity index (χ3n) is 3.15. The van der Waals surface area contributed by atoms with E-state index in [1.807, 2.05) is 6.26 Å². The molecule has 116 valence electrons. The Hall–Kier alpha value is -0.840. The first-order chi connectivity index (χ1) is 9.51. The molecule has 0 bridgehead atoms. The largest absolute Gasteiger partial charge is 0.468 e. The second kappa shape index (κ2) is 9.16. The van der Waals surface area contributed by atoms with Gasteiger partial charge in [0, 0.05) is 31.7 Å². The molecule has 4 heteroatoms. The smallest absolute Gasteiger partial charge is 0.118 e. The molecular weight excluding hydrogens is 250 g/mol. The normalized spacial score (nSPS) is 12.0. The van der Waals surface area contributed by atoms with Gasteiger partial charge in [0.1, 0.15) is 5.76 Å². The lowest BCUT2D eigenvalue weighted by Crippen LogP contribution is -2.33. The van der Waals surface area contributed by atoms with Crippen LogP contribution in [0.2, 0.25) is 0 Å². The summed E-state index contributed by atoms with van der Waals surface area (Å²) in [6.45, 7) is 12.7. The Morgan fingerprint density at radius 3 is 2.60 bits per heavy atom. The van der Waals surface area contributed by atoms with E-state index < -0.39 is 0 Å². The maximum atomic E-state index is 5.69. The molecule has 0 atom stereocenters. The summed E-state index contributed by atoms with van der Waals surface area (Å²) < 4.78 is 5.69. The highest BCUT2D eigenvalue weighted by molar-refractivity contribution is 5.12. The van der Waals surface area contributed by atoms with Crippen molar-refractivity contribution < 1.29 is 4.42 Å². The summed E-state index contributed by atoms with van der Waals surface area (Å²) in [5, 5.41) is 3.32. The van der Waals surface area contributed by atoms with E-state index in [2.05, 4.69) is 56.0 Å². The van der Waals surface area contributed by atoms with Crippen LogP contribution in [0.4, 0.5) is 0 Å². The molecule has 20 heavy (non-hydrogen) atoms. The molecule has 0 spiro atoms. The first-order valence-corrected chi connectivity index (χ1v) is 7.65. The Balaban J connectivity index is 2.52. The molecule has 0 aromatic carbocycles. The lowest BCUT2D eigenvalue weighted by Gasteiger charge is -2.24. The van der Waals surface area contributed by atoms with Crippen molar-refractivity contribution in [2.75, 3.05) is 40.3 Å². The predicted octanol–water partition coefficient (Wildman–Crippen LogP) is 2.41. The highest BCUT2D eigenvalue weighted by Gasteiger charge is 2.11. The highest BCUT2D eigenvalue weighted by Crippen LogP contribution is 2.12. The molecule has 1 N–H and O–H groups in total. The molecule has 4 nitrogen and oxygen atoms in total. The van der Waals surface area contributed by atoms with Gasteiger partial charge in [-0.25, -0.2) is 0 Å². The number of hydrogen-bond donors (Lipinski definition) is 1. The van der Waals surface area contributed by atoms with Crippen LogP contribution in [0.25, 0.3) is 0 Å². The van der Waals surface area contributed by atoms with Crippen LogP contribution < -0.4 is 5.32 Å². The fourth-order valence-corrected chi connectivity index (χ4v) is 2.18. The first kappa shape index (κ1) is 17.2. The molecule has 0 aliphatic carbocycles. The lowest BCUT2D eigenvalue weighted by molar-refractivity contribution is 0.198. The molecule has 1 aromatic heterocycles. The number of nitrogens with zero attached hydrogens (tertiary/aromatic N) is 2. The molecule has 0 radical (unpaired) electrons. The summed E-state index contributed by atoms with van der Waals surface area (Å²) >= 11 is 0. The van der Waals surface area contributed by atoms with Gasteiger partial charge in [0.25, 0.3) is 0 Å². The Bertz CT molecular complexity index is 360. The van der Waals surface area contributed by atoms with Gasteiger partial charge in [-0.05, 0) is 32.6 Å². The molecule has 0 fully saturated rings. The van der Waals surface area contributed by atoms with Crippen molar-refractivity contribution >= 4 is 0 Å². The minimum absolute atomic E-state index is 0.674. The molecule has 0 amide bonds. The van der Waals surface area contributed by atoms with Crippen LogP contribution in [0.3, 0.4) is 0 Å². The average molecular weight is 281 g/mol. The number of hydrogen-bond acceptors (Lipinski definition) is 4. The first-order valence-electron chi connectivity index (χ1n) is 7.65. The minimum Gasteiger partial charge on any atom is -0.468 e. The van der Waals surface area contributed by atoms with Gasteiger partial charge in [-0.15, -0.1) is 0 Å². The zero-order valence-corrected chi connectivity index (χ0v) is 13.8. The third kappa shape index (κ3) is 7.08. The number of likely N-dealkylation sites (N-methyl/N-ethyl adjacent to an activating group) is 1. The standard InChI is InChI=1S/C16H31N3O/c1-6-17-10-15-9-16(20-13-15)12-19(11-14(2)3)8-7-18(4)5/h9,13-14,17H,6-8,10-12H2,1-5H3. The molecule has 0 aliphatic rings. The monoisotopic (exact) mass is 281 g/mol. The SMILES string of the molecule is CCNCc1coc(CN(CCN(C)C)CC(C)C)c1. The summed E-state index contributed by atoms with van der Waals surface area (Å²) in [5.74, 6) is 1.74. The molecule has 1 heterocycles. The summed E-state index contributed by atoms with van der Waals surface area (Å²) in [4.78, 5) is 4.70.